The van der Waals surface area contributed by atoms with Crippen LogP contribution >= 0.6 is 0 Å². The summed E-state index contributed by atoms with van der Waals surface area (Å²) in [5.74, 6) is -0.805. The van der Waals surface area contributed by atoms with Crippen LogP contribution in [-0.2, 0) is 27.0 Å². The normalized spacial score (nSPS) is 11.2. The zero-order valence-electron chi connectivity index (χ0n) is 13.8. The minimum Gasteiger partial charge on any atom is -0.469 e. The van der Waals surface area contributed by atoms with E-state index in [-0.39, 0.29) is 36.9 Å². The molecule has 2 aromatic rings. The van der Waals surface area contributed by atoms with E-state index in [9.17, 15) is 22.8 Å². The highest BCUT2D eigenvalue weighted by molar-refractivity contribution is 5.75. The van der Waals surface area contributed by atoms with E-state index in [1.807, 2.05) is 0 Å². The molecule has 8 nitrogen and oxygen atoms in total. The van der Waals surface area contributed by atoms with Crippen molar-refractivity contribution in [2.45, 2.75) is 25.6 Å². The Labute approximate surface area is 146 Å². The highest BCUT2D eigenvalue weighted by Gasteiger charge is 2.30. The summed E-state index contributed by atoms with van der Waals surface area (Å²) in [6, 6.07) is 4.51. The van der Waals surface area contributed by atoms with E-state index in [2.05, 4.69) is 25.5 Å². The van der Waals surface area contributed by atoms with Crippen molar-refractivity contribution in [1.82, 2.24) is 25.5 Å². The first-order valence-electron chi connectivity index (χ1n) is 7.58. The number of hydrogen-bond donors (Lipinski definition) is 1. The smallest absolute Gasteiger partial charge is 0.416 e. The molecule has 1 aromatic carbocycles. The molecule has 0 saturated heterocycles. The van der Waals surface area contributed by atoms with Gasteiger partial charge < -0.3 is 10.1 Å². The van der Waals surface area contributed by atoms with Crippen molar-refractivity contribution in [2.75, 3.05) is 13.7 Å². The quantitative estimate of drug-likeness (QED) is 0.584. The Kier molecular flexibility index (Phi) is 6.26. The van der Waals surface area contributed by atoms with Gasteiger partial charge in [0.05, 0.1) is 12.7 Å². The molecule has 1 N–H and O–H groups in total. The molecule has 26 heavy (non-hydrogen) atoms. The van der Waals surface area contributed by atoms with Gasteiger partial charge in [-0.15, -0.1) is 10.2 Å². The topological polar surface area (TPSA) is 99.0 Å². The van der Waals surface area contributed by atoms with Crippen molar-refractivity contribution in [3.8, 4) is 11.4 Å². The number of carbonyl (C=O) groups is 2. The molecule has 0 unspecified atom stereocenters. The van der Waals surface area contributed by atoms with Gasteiger partial charge in [-0.05, 0) is 23.8 Å². The SMILES string of the molecule is COC(=O)CCCNC(=O)Cn1nnc(-c2cccc(C(F)(F)F)c2)n1. The van der Waals surface area contributed by atoms with Crippen LogP contribution in [0.1, 0.15) is 18.4 Å². The largest absolute Gasteiger partial charge is 0.469 e. The molecule has 2 rings (SSSR count). The number of tetrazole rings is 1. The van der Waals surface area contributed by atoms with Crippen LogP contribution in [0.15, 0.2) is 24.3 Å². The number of rotatable bonds is 7. The van der Waals surface area contributed by atoms with E-state index < -0.39 is 17.6 Å². The van der Waals surface area contributed by atoms with E-state index in [0.29, 0.717) is 6.42 Å². The molecule has 0 aliphatic heterocycles. The van der Waals surface area contributed by atoms with Crippen molar-refractivity contribution in [1.29, 1.82) is 0 Å². The van der Waals surface area contributed by atoms with Gasteiger partial charge >= 0.3 is 12.1 Å². The second-order valence-corrected chi connectivity index (χ2v) is 5.25. The zero-order chi connectivity index (χ0) is 19.2. The fourth-order valence-electron chi connectivity index (χ4n) is 2.01. The molecule has 0 aliphatic carbocycles. The fraction of sp³-hybridized carbons (Fsp3) is 0.400. The summed E-state index contributed by atoms with van der Waals surface area (Å²) in [5, 5.41) is 13.8. The number of alkyl halides is 3. The Morgan fingerprint density at radius 3 is 2.77 bits per heavy atom. The van der Waals surface area contributed by atoms with Crippen LogP contribution in [0.3, 0.4) is 0 Å². The molecule has 1 heterocycles. The Bertz CT molecular complexity index is 776. The highest BCUT2D eigenvalue weighted by atomic mass is 19.4. The summed E-state index contributed by atoms with van der Waals surface area (Å²) < 4.78 is 42.7. The standard InChI is InChI=1S/C15H16F3N5O3/c1-26-13(25)6-3-7-19-12(24)9-23-21-14(20-22-23)10-4-2-5-11(8-10)15(16,17)18/h2,4-5,8H,3,6-7,9H2,1H3,(H,19,24). The van der Waals surface area contributed by atoms with Gasteiger partial charge in [-0.25, -0.2) is 0 Å². The van der Waals surface area contributed by atoms with Gasteiger partial charge in [0, 0.05) is 18.5 Å². The maximum absolute atomic E-state index is 12.7. The predicted molar refractivity (Wildman–Crippen MR) is 82.5 cm³/mol. The van der Waals surface area contributed by atoms with Gasteiger partial charge in [-0.2, -0.15) is 18.0 Å². The van der Waals surface area contributed by atoms with E-state index in [0.717, 1.165) is 16.9 Å². The second-order valence-electron chi connectivity index (χ2n) is 5.25. The van der Waals surface area contributed by atoms with Crippen molar-refractivity contribution >= 4 is 11.9 Å². The van der Waals surface area contributed by atoms with Gasteiger partial charge in [-0.3, -0.25) is 9.59 Å². The molecule has 0 spiro atoms. The number of benzene rings is 1. The van der Waals surface area contributed by atoms with Crippen molar-refractivity contribution in [3.63, 3.8) is 0 Å². The Morgan fingerprint density at radius 2 is 2.08 bits per heavy atom. The van der Waals surface area contributed by atoms with Gasteiger partial charge in [0.1, 0.15) is 6.54 Å². The zero-order valence-corrected chi connectivity index (χ0v) is 13.8. The number of carbonyl (C=O) groups excluding carboxylic acids is 2. The Balaban J connectivity index is 1.91. The van der Waals surface area contributed by atoms with Crippen molar-refractivity contribution < 1.29 is 27.5 Å². The first-order chi connectivity index (χ1) is 12.3. The minimum absolute atomic E-state index is 0.0189. The second kappa shape index (κ2) is 8.41. The third-order valence-corrected chi connectivity index (χ3v) is 3.29. The predicted octanol–water partition coefficient (Wildman–Crippen LogP) is 1.43. The molecule has 0 radical (unpaired) electrons. The number of ether oxygens (including phenoxy) is 1. The third-order valence-electron chi connectivity index (χ3n) is 3.29. The van der Waals surface area contributed by atoms with Crippen LogP contribution < -0.4 is 5.32 Å². The van der Waals surface area contributed by atoms with E-state index >= 15 is 0 Å². The van der Waals surface area contributed by atoms with Gasteiger partial charge in [0.2, 0.25) is 11.7 Å². The lowest BCUT2D eigenvalue weighted by molar-refractivity contribution is -0.141. The van der Waals surface area contributed by atoms with Gasteiger partial charge in [-0.1, -0.05) is 12.1 Å². The molecule has 0 aliphatic rings. The van der Waals surface area contributed by atoms with Crippen LogP contribution in [-0.4, -0.2) is 45.7 Å². The highest BCUT2D eigenvalue weighted by Crippen LogP contribution is 2.31. The van der Waals surface area contributed by atoms with Crippen LogP contribution in [0.25, 0.3) is 11.4 Å². The van der Waals surface area contributed by atoms with Crippen LogP contribution in [0.5, 0.6) is 0 Å². The molecule has 0 fully saturated rings. The van der Waals surface area contributed by atoms with Crippen molar-refractivity contribution in [3.05, 3.63) is 29.8 Å². The third kappa shape index (κ3) is 5.53. The number of nitrogens with zero attached hydrogens (tertiary/aromatic N) is 4. The molecule has 0 bridgehead atoms. The van der Waals surface area contributed by atoms with Gasteiger partial charge in [0.25, 0.3) is 0 Å². The molecular formula is C15H16F3N5O3. The number of aromatic nitrogens is 4. The lowest BCUT2D eigenvalue weighted by Gasteiger charge is -2.06. The van der Waals surface area contributed by atoms with E-state index in [4.69, 9.17) is 0 Å². The maximum atomic E-state index is 12.7. The molecule has 1 amide bonds. The summed E-state index contributed by atoms with van der Waals surface area (Å²) in [5.41, 5.74) is -0.681. The first kappa shape index (κ1) is 19.3. The van der Waals surface area contributed by atoms with Crippen LogP contribution in [0.4, 0.5) is 13.2 Å². The van der Waals surface area contributed by atoms with E-state index in [1.54, 1.807) is 0 Å². The molecular weight excluding hydrogens is 355 g/mol. The maximum Gasteiger partial charge on any atom is 0.416 e. The minimum atomic E-state index is -4.48. The number of amides is 1. The monoisotopic (exact) mass is 371 g/mol. The lowest BCUT2D eigenvalue weighted by Crippen LogP contribution is -2.29. The molecule has 140 valence electrons. The van der Waals surface area contributed by atoms with E-state index in [1.165, 1.54) is 19.2 Å². The van der Waals surface area contributed by atoms with Gasteiger partial charge in [0.15, 0.2) is 0 Å². The average Bonchev–Trinajstić information content (AvgIpc) is 3.06. The van der Waals surface area contributed by atoms with Crippen molar-refractivity contribution in [2.24, 2.45) is 0 Å². The van der Waals surface area contributed by atoms with Crippen LogP contribution in [0, 0.1) is 0 Å². The number of halogens is 3. The Morgan fingerprint density at radius 1 is 1.31 bits per heavy atom. The number of esters is 1. The summed E-state index contributed by atoms with van der Waals surface area (Å²) in [4.78, 5) is 23.7. The molecule has 0 atom stereocenters. The molecule has 1 aromatic heterocycles. The summed E-state index contributed by atoms with van der Waals surface area (Å²) >= 11 is 0. The summed E-state index contributed by atoms with van der Waals surface area (Å²) in [6.45, 7) is 0.0211. The fourth-order valence-corrected chi connectivity index (χ4v) is 2.01. The first-order valence-corrected chi connectivity index (χ1v) is 7.58. The summed E-state index contributed by atoms with van der Waals surface area (Å²) in [7, 11) is 1.28. The Hall–Kier alpha value is -2.98. The molecule has 0 saturated carbocycles. The lowest BCUT2D eigenvalue weighted by atomic mass is 10.1. The summed E-state index contributed by atoms with van der Waals surface area (Å²) in [6.07, 6.45) is -3.88. The molecule has 11 heteroatoms. The van der Waals surface area contributed by atoms with Crippen LogP contribution in [0.2, 0.25) is 0 Å². The number of methoxy groups -OCH3 is 1. The average molecular weight is 371 g/mol. The number of hydrogen-bond acceptors (Lipinski definition) is 6. The number of nitrogens with one attached hydrogen (secondary N) is 1.